The zero-order chi connectivity index (χ0) is 15.5. The molecule has 21 heavy (non-hydrogen) atoms. The number of hydrogen-bond acceptors (Lipinski definition) is 4. The second-order valence-electron chi connectivity index (χ2n) is 4.79. The van der Waals surface area contributed by atoms with E-state index in [1.54, 1.807) is 12.1 Å². The largest absolute Gasteiger partial charge is 0.480 e. The summed E-state index contributed by atoms with van der Waals surface area (Å²) >= 11 is 5.85. The van der Waals surface area contributed by atoms with Crippen LogP contribution in [0.25, 0.3) is 0 Å². The Labute approximate surface area is 128 Å². The van der Waals surface area contributed by atoms with Gasteiger partial charge in [-0.2, -0.15) is 0 Å². The molecule has 1 aromatic carbocycles. The predicted molar refractivity (Wildman–Crippen MR) is 79.2 cm³/mol. The van der Waals surface area contributed by atoms with Crippen LogP contribution in [-0.2, 0) is 19.6 Å². The molecular weight excluding hydrogens is 318 g/mol. The molecule has 0 aliphatic carbocycles. The molecule has 8 heteroatoms. The molecule has 1 aliphatic rings. The molecule has 2 rings (SSSR count). The van der Waals surface area contributed by atoms with Crippen molar-refractivity contribution >= 4 is 33.3 Å². The maximum atomic E-state index is 12.5. The van der Waals surface area contributed by atoms with Crippen LogP contribution in [0.3, 0.4) is 0 Å². The molecule has 1 unspecified atom stereocenters. The highest BCUT2D eigenvalue weighted by atomic mass is 35.5. The van der Waals surface area contributed by atoms with E-state index in [4.69, 9.17) is 21.4 Å². The van der Waals surface area contributed by atoms with Crippen molar-refractivity contribution in [1.82, 2.24) is 0 Å². The third kappa shape index (κ3) is 4.33. The lowest BCUT2D eigenvalue weighted by Crippen LogP contribution is -2.40. The van der Waals surface area contributed by atoms with Crippen LogP contribution in [0.5, 0.6) is 0 Å². The van der Waals surface area contributed by atoms with Gasteiger partial charge in [-0.15, -0.1) is 0 Å². The van der Waals surface area contributed by atoms with E-state index >= 15 is 0 Å². The molecule has 6 nitrogen and oxygen atoms in total. The number of aliphatic carboxylic acids is 1. The molecule has 1 saturated heterocycles. The summed E-state index contributed by atoms with van der Waals surface area (Å²) in [6.07, 6.45) is 1.09. The standard InChI is InChI=1S/C13H16ClNO5S/c14-10-3-1-4-11(7-10)15(8-13(16)17)21(18,19)9-12-5-2-6-20-12/h1,3-4,7,12H,2,5-6,8-9H2,(H,16,17). The van der Waals surface area contributed by atoms with Crippen molar-refractivity contribution in [3.63, 3.8) is 0 Å². The zero-order valence-corrected chi connectivity index (χ0v) is 12.8. The first-order chi connectivity index (χ1) is 9.88. The topological polar surface area (TPSA) is 83.9 Å². The molecule has 0 radical (unpaired) electrons. The Kier molecular flexibility index (Phi) is 5.08. The highest BCUT2D eigenvalue weighted by Crippen LogP contribution is 2.24. The van der Waals surface area contributed by atoms with Crippen LogP contribution in [-0.4, -0.2) is 44.5 Å². The minimum absolute atomic E-state index is 0.229. The number of anilines is 1. The van der Waals surface area contributed by atoms with Gasteiger partial charge >= 0.3 is 5.97 Å². The summed E-state index contributed by atoms with van der Waals surface area (Å²) < 4.78 is 31.1. The molecule has 1 heterocycles. The van der Waals surface area contributed by atoms with E-state index in [1.165, 1.54) is 12.1 Å². The predicted octanol–water partition coefficient (Wildman–Crippen LogP) is 1.74. The molecule has 0 bridgehead atoms. The summed E-state index contributed by atoms with van der Waals surface area (Å²) in [5.74, 6) is -1.46. The number of carbonyl (C=O) groups is 1. The summed E-state index contributed by atoms with van der Waals surface area (Å²) in [7, 11) is -3.80. The minimum atomic E-state index is -3.80. The van der Waals surface area contributed by atoms with Gasteiger partial charge in [0.05, 0.1) is 17.5 Å². The van der Waals surface area contributed by atoms with Crippen LogP contribution in [0.15, 0.2) is 24.3 Å². The van der Waals surface area contributed by atoms with E-state index in [1.807, 2.05) is 0 Å². The van der Waals surface area contributed by atoms with E-state index in [0.717, 1.165) is 10.7 Å². The van der Waals surface area contributed by atoms with Gasteiger partial charge in [-0.1, -0.05) is 17.7 Å². The number of hydrogen-bond donors (Lipinski definition) is 1. The van der Waals surface area contributed by atoms with Crippen molar-refractivity contribution in [3.8, 4) is 0 Å². The molecule has 116 valence electrons. The Morgan fingerprint density at radius 3 is 2.81 bits per heavy atom. The van der Waals surface area contributed by atoms with Crippen molar-refractivity contribution < 1.29 is 23.1 Å². The SMILES string of the molecule is O=C(O)CN(c1cccc(Cl)c1)S(=O)(=O)CC1CCCO1. The Morgan fingerprint density at radius 1 is 1.48 bits per heavy atom. The number of carboxylic acid groups (broad SMARTS) is 1. The van der Waals surface area contributed by atoms with Crippen molar-refractivity contribution in [3.05, 3.63) is 29.3 Å². The van der Waals surface area contributed by atoms with Crippen molar-refractivity contribution in [2.24, 2.45) is 0 Å². The lowest BCUT2D eigenvalue weighted by atomic mass is 10.3. The summed E-state index contributed by atoms with van der Waals surface area (Å²) in [6, 6.07) is 6.12. The molecule has 0 amide bonds. The quantitative estimate of drug-likeness (QED) is 0.857. The summed E-state index contributed by atoms with van der Waals surface area (Å²) in [6.45, 7) is -0.105. The van der Waals surface area contributed by atoms with Crippen molar-refractivity contribution in [2.45, 2.75) is 18.9 Å². The van der Waals surface area contributed by atoms with E-state index < -0.39 is 22.5 Å². The maximum Gasteiger partial charge on any atom is 0.324 e. The van der Waals surface area contributed by atoms with Gasteiger partial charge in [-0.3, -0.25) is 9.10 Å². The van der Waals surface area contributed by atoms with Gasteiger partial charge in [0, 0.05) is 11.6 Å². The summed E-state index contributed by atoms with van der Waals surface area (Å²) in [4.78, 5) is 11.0. The summed E-state index contributed by atoms with van der Waals surface area (Å²) in [5, 5.41) is 9.31. The molecule has 0 saturated carbocycles. The lowest BCUT2D eigenvalue weighted by molar-refractivity contribution is -0.135. The fourth-order valence-corrected chi connectivity index (χ4v) is 4.04. The number of nitrogens with zero attached hydrogens (tertiary/aromatic N) is 1. The maximum absolute atomic E-state index is 12.5. The fraction of sp³-hybridized carbons (Fsp3) is 0.462. The normalized spacial score (nSPS) is 18.6. The van der Waals surface area contributed by atoms with E-state index in [2.05, 4.69) is 0 Å². The van der Waals surface area contributed by atoms with Crippen LogP contribution in [0, 0.1) is 0 Å². The van der Waals surface area contributed by atoms with Gasteiger partial charge < -0.3 is 9.84 Å². The van der Waals surface area contributed by atoms with E-state index in [9.17, 15) is 13.2 Å². The van der Waals surface area contributed by atoms with Crippen LogP contribution >= 0.6 is 11.6 Å². The average molecular weight is 334 g/mol. The smallest absolute Gasteiger partial charge is 0.324 e. The molecule has 1 N–H and O–H groups in total. The lowest BCUT2D eigenvalue weighted by Gasteiger charge is -2.24. The van der Waals surface area contributed by atoms with Crippen molar-refractivity contribution in [1.29, 1.82) is 0 Å². The third-order valence-electron chi connectivity index (χ3n) is 3.13. The number of sulfonamides is 1. The fourth-order valence-electron chi connectivity index (χ4n) is 2.21. The Balaban J connectivity index is 2.27. The number of rotatable bonds is 6. The minimum Gasteiger partial charge on any atom is -0.480 e. The zero-order valence-electron chi connectivity index (χ0n) is 11.2. The Bertz CT molecular complexity index is 613. The highest BCUT2D eigenvalue weighted by Gasteiger charge is 2.30. The van der Waals surface area contributed by atoms with E-state index in [-0.39, 0.29) is 17.5 Å². The number of carboxylic acids is 1. The molecule has 1 fully saturated rings. The highest BCUT2D eigenvalue weighted by molar-refractivity contribution is 7.92. The first kappa shape index (κ1) is 16.1. The number of halogens is 1. The van der Waals surface area contributed by atoms with Crippen LogP contribution in [0.1, 0.15) is 12.8 Å². The molecular formula is C13H16ClNO5S. The first-order valence-electron chi connectivity index (χ1n) is 6.48. The van der Waals surface area contributed by atoms with Gasteiger partial charge in [0.25, 0.3) is 0 Å². The molecule has 1 atom stereocenters. The van der Waals surface area contributed by atoms with Gasteiger partial charge in [-0.05, 0) is 31.0 Å². The molecule has 1 aromatic rings. The third-order valence-corrected chi connectivity index (χ3v) is 5.17. The van der Waals surface area contributed by atoms with Crippen LogP contribution in [0.4, 0.5) is 5.69 Å². The number of ether oxygens (including phenoxy) is 1. The van der Waals surface area contributed by atoms with Crippen LogP contribution < -0.4 is 4.31 Å². The van der Waals surface area contributed by atoms with Crippen LogP contribution in [0.2, 0.25) is 5.02 Å². The second kappa shape index (κ2) is 6.64. The van der Waals surface area contributed by atoms with Gasteiger partial charge in [-0.25, -0.2) is 8.42 Å². The molecule has 0 spiro atoms. The molecule has 0 aromatic heterocycles. The number of benzene rings is 1. The second-order valence-corrected chi connectivity index (χ2v) is 7.17. The van der Waals surface area contributed by atoms with Gasteiger partial charge in [0.2, 0.25) is 10.0 Å². The van der Waals surface area contributed by atoms with Gasteiger partial charge in [0.15, 0.2) is 0 Å². The van der Waals surface area contributed by atoms with Crippen molar-refractivity contribution in [2.75, 3.05) is 23.2 Å². The monoisotopic (exact) mass is 333 g/mol. The summed E-state index contributed by atoms with van der Waals surface area (Å²) in [5.41, 5.74) is 0.239. The van der Waals surface area contributed by atoms with Gasteiger partial charge in [0.1, 0.15) is 6.54 Å². The Hall–Kier alpha value is -1.31. The average Bonchev–Trinajstić information content (AvgIpc) is 2.87. The Morgan fingerprint density at radius 2 is 2.24 bits per heavy atom. The first-order valence-corrected chi connectivity index (χ1v) is 8.46. The van der Waals surface area contributed by atoms with E-state index in [0.29, 0.717) is 18.1 Å². The molecule has 1 aliphatic heterocycles.